The van der Waals surface area contributed by atoms with Crippen molar-refractivity contribution in [3.63, 3.8) is 0 Å². The van der Waals surface area contributed by atoms with Crippen LogP contribution in [-0.4, -0.2) is 3.92 Å². The number of hydrogen-bond donors (Lipinski definition) is 0. The second-order valence-corrected chi connectivity index (χ2v) is 4.30. The summed E-state index contributed by atoms with van der Waals surface area (Å²) in [7, 11) is 0. The van der Waals surface area contributed by atoms with Crippen LogP contribution in [0.4, 0.5) is 0 Å². The number of halogens is 1. The third kappa shape index (κ3) is 3.90. The van der Waals surface area contributed by atoms with Crippen molar-refractivity contribution in [1.29, 1.82) is 0 Å². The van der Waals surface area contributed by atoms with Gasteiger partial charge in [-0.2, -0.15) is 0 Å². The van der Waals surface area contributed by atoms with Gasteiger partial charge in [0.15, 0.2) is 0 Å². The van der Waals surface area contributed by atoms with Gasteiger partial charge in [0.2, 0.25) is 0 Å². The Morgan fingerprint density at radius 2 is 2.00 bits per heavy atom. The fourth-order valence-corrected chi connectivity index (χ4v) is 1.44. The van der Waals surface area contributed by atoms with Crippen molar-refractivity contribution in [3.8, 4) is 0 Å². The summed E-state index contributed by atoms with van der Waals surface area (Å²) in [6.45, 7) is 2.15. The monoisotopic (exact) mass is 272 g/mol. The summed E-state index contributed by atoms with van der Waals surface area (Å²) in [4.78, 5) is 0. The van der Waals surface area contributed by atoms with Crippen LogP contribution in [0.5, 0.6) is 0 Å². The Morgan fingerprint density at radius 1 is 1.25 bits per heavy atom. The van der Waals surface area contributed by atoms with E-state index in [1.807, 2.05) is 0 Å². The van der Waals surface area contributed by atoms with Gasteiger partial charge in [0.05, 0.1) is 0 Å². The molecule has 1 aliphatic rings. The van der Waals surface area contributed by atoms with Crippen LogP contribution in [0.2, 0.25) is 0 Å². The quantitative estimate of drug-likeness (QED) is 0.464. The minimum Gasteiger partial charge on any atom is -0.0805 e. The van der Waals surface area contributed by atoms with Gasteiger partial charge >= 0.3 is 0 Å². The first-order chi connectivity index (χ1) is 5.79. The first kappa shape index (κ1) is 9.78. The fourth-order valence-electron chi connectivity index (χ4n) is 0.961. The number of allylic oxidation sites excluding steroid dienone is 8. The third-order valence-corrected chi connectivity index (χ3v) is 2.49. The van der Waals surface area contributed by atoms with E-state index < -0.39 is 0 Å². The van der Waals surface area contributed by atoms with Gasteiger partial charge in [0, 0.05) is 3.92 Å². The smallest absolute Gasteiger partial charge is 0.0475 e. The molecule has 0 bridgehead atoms. The van der Waals surface area contributed by atoms with Crippen LogP contribution in [0.15, 0.2) is 48.1 Å². The van der Waals surface area contributed by atoms with Gasteiger partial charge in [-0.1, -0.05) is 70.7 Å². The molecule has 0 spiro atoms. The molecule has 1 unspecified atom stereocenters. The van der Waals surface area contributed by atoms with E-state index in [1.165, 1.54) is 5.57 Å². The van der Waals surface area contributed by atoms with Crippen LogP contribution < -0.4 is 0 Å². The molecule has 0 N–H and O–H groups in total. The van der Waals surface area contributed by atoms with Crippen molar-refractivity contribution in [2.75, 3.05) is 0 Å². The molecular formula is C11H13I. The summed E-state index contributed by atoms with van der Waals surface area (Å²) >= 11 is 2.40. The van der Waals surface area contributed by atoms with Crippen molar-refractivity contribution in [1.82, 2.24) is 0 Å². The van der Waals surface area contributed by atoms with E-state index in [2.05, 4.69) is 72.0 Å². The zero-order valence-electron chi connectivity index (χ0n) is 7.20. The average molecular weight is 272 g/mol. The van der Waals surface area contributed by atoms with Crippen molar-refractivity contribution in [3.05, 3.63) is 48.1 Å². The Balaban J connectivity index is 2.72. The average Bonchev–Trinajstić information content (AvgIpc) is 2.04. The van der Waals surface area contributed by atoms with Crippen molar-refractivity contribution in [2.24, 2.45) is 0 Å². The lowest BCUT2D eigenvalue weighted by atomic mass is 10.1. The Hall–Kier alpha value is -0.310. The van der Waals surface area contributed by atoms with Gasteiger partial charge in [-0.3, -0.25) is 0 Å². The van der Waals surface area contributed by atoms with Crippen LogP contribution in [0.25, 0.3) is 0 Å². The largest absolute Gasteiger partial charge is 0.0805 e. The molecule has 0 nitrogen and oxygen atoms in total. The molecule has 1 aliphatic carbocycles. The molecule has 64 valence electrons. The van der Waals surface area contributed by atoms with Crippen LogP contribution >= 0.6 is 22.6 Å². The van der Waals surface area contributed by atoms with Crippen LogP contribution in [0.1, 0.15) is 13.3 Å². The molecule has 1 heteroatoms. The Bertz CT molecular complexity index is 244. The number of rotatable bonds is 0. The van der Waals surface area contributed by atoms with E-state index in [1.54, 1.807) is 0 Å². The molecule has 0 aromatic heterocycles. The Kier molecular flexibility index (Phi) is 4.36. The lowest BCUT2D eigenvalue weighted by Gasteiger charge is -1.97. The van der Waals surface area contributed by atoms with Crippen molar-refractivity contribution < 1.29 is 0 Å². The van der Waals surface area contributed by atoms with Crippen molar-refractivity contribution in [2.45, 2.75) is 17.3 Å². The van der Waals surface area contributed by atoms with E-state index >= 15 is 0 Å². The zero-order valence-corrected chi connectivity index (χ0v) is 9.36. The lowest BCUT2D eigenvalue weighted by Crippen LogP contribution is -1.84. The maximum absolute atomic E-state index is 2.40. The van der Waals surface area contributed by atoms with E-state index in [0.29, 0.717) is 3.92 Å². The number of hydrogen-bond acceptors (Lipinski definition) is 0. The molecule has 0 saturated heterocycles. The second-order valence-electron chi connectivity index (χ2n) is 2.86. The summed E-state index contributed by atoms with van der Waals surface area (Å²) < 4.78 is 0.509. The summed E-state index contributed by atoms with van der Waals surface area (Å²) in [6.07, 6.45) is 16.2. The third-order valence-electron chi connectivity index (χ3n) is 1.66. The lowest BCUT2D eigenvalue weighted by molar-refractivity contribution is 1.21. The first-order valence-corrected chi connectivity index (χ1v) is 5.35. The predicted octanol–water partition coefficient (Wildman–Crippen LogP) is 3.81. The highest BCUT2D eigenvalue weighted by Gasteiger charge is 1.90. The van der Waals surface area contributed by atoms with Gasteiger partial charge in [-0.05, 0) is 13.3 Å². The highest BCUT2D eigenvalue weighted by molar-refractivity contribution is 14.1. The predicted molar refractivity (Wildman–Crippen MR) is 63.6 cm³/mol. The zero-order chi connectivity index (χ0) is 8.81. The molecule has 0 saturated carbocycles. The first-order valence-electron chi connectivity index (χ1n) is 4.10. The molecule has 0 aromatic rings. The van der Waals surface area contributed by atoms with E-state index in [9.17, 15) is 0 Å². The summed E-state index contributed by atoms with van der Waals surface area (Å²) in [5, 5.41) is 0. The van der Waals surface area contributed by atoms with Crippen LogP contribution in [0.3, 0.4) is 0 Å². The normalized spacial score (nSPS) is 36.2. The molecule has 1 rings (SSSR count). The van der Waals surface area contributed by atoms with Gasteiger partial charge in [0.25, 0.3) is 0 Å². The molecule has 0 radical (unpaired) electrons. The van der Waals surface area contributed by atoms with E-state index in [0.717, 1.165) is 6.42 Å². The minimum absolute atomic E-state index is 0.509. The van der Waals surface area contributed by atoms with Gasteiger partial charge in [0.1, 0.15) is 0 Å². The van der Waals surface area contributed by atoms with E-state index in [-0.39, 0.29) is 0 Å². The molecular weight excluding hydrogens is 259 g/mol. The van der Waals surface area contributed by atoms with Gasteiger partial charge in [-0.15, -0.1) is 0 Å². The summed E-state index contributed by atoms with van der Waals surface area (Å²) in [6, 6.07) is 0. The highest BCUT2D eigenvalue weighted by atomic mass is 127. The fraction of sp³-hybridized carbons (Fsp3) is 0.273. The van der Waals surface area contributed by atoms with Gasteiger partial charge in [-0.25, -0.2) is 0 Å². The van der Waals surface area contributed by atoms with Crippen LogP contribution in [-0.2, 0) is 0 Å². The Morgan fingerprint density at radius 3 is 2.83 bits per heavy atom. The van der Waals surface area contributed by atoms with Gasteiger partial charge < -0.3 is 0 Å². The standard InChI is InChI=1S/C11H13I/c1-10-6-3-2-4-8-11(12)9-5-7-10/h2-5,7-9,11H,6H2,1H3/b3-2-,8-4-,9-5-,10-7-. The minimum atomic E-state index is 0.509. The molecule has 0 fully saturated rings. The topological polar surface area (TPSA) is 0 Å². The molecule has 0 heterocycles. The molecule has 0 aromatic carbocycles. The number of alkyl halides is 1. The van der Waals surface area contributed by atoms with E-state index in [4.69, 9.17) is 0 Å². The molecule has 0 amide bonds. The highest BCUT2D eigenvalue weighted by Crippen LogP contribution is 2.08. The molecule has 12 heavy (non-hydrogen) atoms. The second kappa shape index (κ2) is 5.36. The summed E-state index contributed by atoms with van der Waals surface area (Å²) in [5.74, 6) is 0. The molecule has 0 aliphatic heterocycles. The SMILES string of the molecule is C/C1=C/C=C\C(I)/C=C\C=C/C1. The molecule has 1 atom stereocenters. The van der Waals surface area contributed by atoms with Crippen LogP contribution in [0, 0.1) is 0 Å². The van der Waals surface area contributed by atoms with Crippen molar-refractivity contribution >= 4 is 22.6 Å². The maximum Gasteiger partial charge on any atom is 0.0475 e. The Labute approximate surface area is 87.9 Å². The summed E-state index contributed by atoms with van der Waals surface area (Å²) in [5.41, 5.74) is 1.40. The maximum atomic E-state index is 2.40.